The quantitative estimate of drug-likeness (QED) is 0.303. The Hall–Kier alpha value is -2.29. The number of carbonyl (C=O) groups excluding carboxylic acids is 1. The molecule has 0 heterocycles. The number of halogens is 1. The molecule has 29 heavy (non-hydrogen) atoms. The van der Waals surface area contributed by atoms with Crippen LogP contribution in [0.15, 0.2) is 53.5 Å². The number of rotatable bonds is 7. The molecule has 0 saturated heterocycles. The van der Waals surface area contributed by atoms with Gasteiger partial charge in [0.15, 0.2) is 5.96 Å². The molecule has 0 atom stereocenters. The van der Waals surface area contributed by atoms with E-state index in [1.54, 1.807) is 14.2 Å². The fourth-order valence-electron chi connectivity index (χ4n) is 3.32. The van der Waals surface area contributed by atoms with E-state index >= 15 is 0 Å². The molecule has 7 heteroatoms. The summed E-state index contributed by atoms with van der Waals surface area (Å²) in [6.45, 7) is 2.93. The largest absolute Gasteiger partial charge is 0.495 e. The first-order valence-electron chi connectivity index (χ1n) is 9.51. The molecule has 0 unspecified atom stereocenters. The van der Waals surface area contributed by atoms with Crippen LogP contribution < -0.4 is 20.7 Å². The number of carbonyl (C=O) groups is 1. The Kier molecular flexibility index (Phi) is 8.31. The second kappa shape index (κ2) is 10.5. The summed E-state index contributed by atoms with van der Waals surface area (Å²) in [5, 5.41) is 9.60. The summed E-state index contributed by atoms with van der Waals surface area (Å²) < 4.78 is 5.30. The molecule has 1 fully saturated rings. The number of nitrogens with one attached hydrogen (secondary N) is 3. The first-order valence-corrected chi connectivity index (χ1v) is 9.51. The molecule has 3 N–H and O–H groups in total. The van der Waals surface area contributed by atoms with Gasteiger partial charge in [-0.25, -0.2) is 0 Å². The lowest BCUT2D eigenvalue weighted by atomic mass is 9.96. The Bertz CT molecular complexity index is 851. The lowest BCUT2D eigenvalue weighted by molar-refractivity contribution is -0.114. The topological polar surface area (TPSA) is 74.8 Å². The van der Waals surface area contributed by atoms with Crippen LogP contribution in [0.5, 0.6) is 5.75 Å². The lowest BCUT2D eigenvalue weighted by Crippen LogP contribution is -2.40. The van der Waals surface area contributed by atoms with Crippen molar-refractivity contribution in [3.8, 4) is 5.75 Å². The number of anilines is 1. The highest BCUT2D eigenvalue weighted by Crippen LogP contribution is 2.47. The number of guanidine groups is 1. The molecule has 156 valence electrons. The van der Waals surface area contributed by atoms with Crippen LogP contribution in [0.25, 0.3) is 0 Å². The second-order valence-corrected chi connectivity index (χ2v) is 7.14. The Morgan fingerprint density at radius 1 is 1.14 bits per heavy atom. The zero-order valence-electron chi connectivity index (χ0n) is 17.1. The molecule has 2 aromatic rings. The minimum Gasteiger partial charge on any atom is -0.495 e. The van der Waals surface area contributed by atoms with Crippen LogP contribution >= 0.6 is 24.0 Å². The van der Waals surface area contributed by atoms with Crippen LogP contribution in [0.2, 0.25) is 0 Å². The predicted molar refractivity (Wildman–Crippen MR) is 128 cm³/mol. The summed E-state index contributed by atoms with van der Waals surface area (Å²) in [5.41, 5.74) is 3.29. The van der Waals surface area contributed by atoms with Crippen molar-refractivity contribution in [1.29, 1.82) is 0 Å². The number of hydrogen-bond acceptors (Lipinski definition) is 3. The molecule has 6 nitrogen and oxygen atoms in total. The second-order valence-electron chi connectivity index (χ2n) is 7.14. The van der Waals surface area contributed by atoms with Gasteiger partial charge in [0.05, 0.1) is 12.8 Å². The maximum absolute atomic E-state index is 11.4. The lowest BCUT2D eigenvalue weighted by Gasteiger charge is -2.19. The van der Waals surface area contributed by atoms with E-state index in [2.05, 4.69) is 51.3 Å². The molecule has 1 amide bonds. The average molecular weight is 508 g/mol. The Balaban J connectivity index is 0.00000300. The highest BCUT2D eigenvalue weighted by Gasteiger charge is 2.43. The zero-order valence-corrected chi connectivity index (χ0v) is 19.4. The maximum Gasteiger partial charge on any atom is 0.221 e. The molecule has 0 bridgehead atoms. The summed E-state index contributed by atoms with van der Waals surface area (Å²) in [4.78, 5) is 15.7. The van der Waals surface area contributed by atoms with Crippen molar-refractivity contribution in [3.05, 3.63) is 59.7 Å². The van der Waals surface area contributed by atoms with Crippen LogP contribution in [0.4, 0.5) is 5.69 Å². The standard InChI is InChI=1S/C22H28N4O2.HI/c1-16(27)26-19-13-17(9-10-20(19)28-3)14-24-21(23-2)25-15-22(11-12-22)18-7-5-4-6-8-18;/h4-10,13H,11-12,14-15H2,1-3H3,(H,26,27)(H2,23,24,25);1H. The zero-order chi connectivity index (χ0) is 20.0. The minimum absolute atomic E-state index is 0. The Labute approximate surface area is 189 Å². The SMILES string of the molecule is CN=C(NCc1ccc(OC)c(NC(C)=O)c1)NCC1(c2ccccc2)CC1.I. The maximum atomic E-state index is 11.4. The molecular weight excluding hydrogens is 479 g/mol. The fraction of sp³-hybridized carbons (Fsp3) is 0.364. The summed E-state index contributed by atoms with van der Waals surface area (Å²) in [6.07, 6.45) is 2.39. The van der Waals surface area contributed by atoms with Gasteiger partial charge in [0.25, 0.3) is 0 Å². The van der Waals surface area contributed by atoms with Crippen molar-refractivity contribution in [3.63, 3.8) is 0 Å². The van der Waals surface area contributed by atoms with Gasteiger partial charge in [-0.2, -0.15) is 0 Å². The third-order valence-corrected chi connectivity index (χ3v) is 5.09. The monoisotopic (exact) mass is 508 g/mol. The van der Waals surface area contributed by atoms with Gasteiger partial charge in [0, 0.05) is 32.5 Å². The number of aliphatic imine (C=N–C) groups is 1. The number of methoxy groups -OCH3 is 1. The minimum atomic E-state index is -0.128. The van der Waals surface area contributed by atoms with Crippen molar-refractivity contribution >= 4 is 41.5 Å². The molecule has 1 saturated carbocycles. The van der Waals surface area contributed by atoms with E-state index < -0.39 is 0 Å². The number of amides is 1. The molecular formula is C22H29IN4O2. The van der Waals surface area contributed by atoms with Crippen molar-refractivity contribution in [2.75, 3.05) is 26.0 Å². The molecule has 2 aromatic carbocycles. The van der Waals surface area contributed by atoms with Gasteiger partial charge in [-0.05, 0) is 36.1 Å². The van der Waals surface area contributed by atoms with Crippen molar-refractivity contribution in [2.24, 2.45) is 4.99 Å². The Morgan fingerprint density at radius 3 is 2.45 bits per heavy atom. The van der Waals surface area contributed by atoms with Gasteiger partial charge in [0.1, 0.15) is 5.75 Å². The van der Waals surface area contributed by atoms with Gasteiger partial charge in [-0.1, -0.05) is 36.4 Å². The molecule has 0 radical (unpaired) electrons. The van der Waals surface area contributed by atoms with Crippen LogP contribution in [0, 0.1) is 0 Å². The van der Waals surface area contributed by atoms with Gasteiger partial charge in [-0.15, -0.1) is 24.0 Å². The van der Waals surface area contributed by atoms with E-state index in [1.807, 2.05) is 18.2 Å². The number of nitrogens with zero attached hydrogens (tertiary/aromatic N) is 1. The smallest absolute Gasteiger partial charge is 0.221 e. The normalized spacial score (nSPS) is 14.4. The average Bonchev–Trinajstić information content (AvgIpc) is 3.50. The van der Waals surface area contributed by atoms with Crippen LogP contribution in [0.1, 0.15) is 30.9 Å². The fourth-order valence-corrected chi connectivity index (χ4v) is 3.32. The number of hydrogen-bond donors (Lipinski definition) is 3. The van der Waals surface area contributed by atoms with E-state index in [9.17, 15) is 4.79 Å². The predicted octanol–water partition coefficient (Wildman–Crippen LogP) is 3.67. The van der Waals surface area contributed by atoms with Crippen molar-refractivity contribution in [1.82, 2.24) is 10.6 Å². The van der Waals surface area contributed by atoms with Gasteiger partial charge < -0.3 is 20.7 Å². The summed E-state index contributed by atoms with van der Waals surface area (Å²) in [5.74, 6) is 1.27. The van der Waals surface area contributed by atoms with Crippen LogP contribution in [-0.2, 0) is 16.8 Å². The molecule has 3 rings (SSSR count). The van der Waals surface area contributed by atoms with E-state index in [0.29, 0.717) is 18.0 Å². The summed E-state index contributed by atoms with van der Waals surface area (Å²) >= 11 is 0. The first-order chi connectivity index (χ1) is 13.6. The summed E-state index contributed by atoms with van der Waals surface area (Å²) in [6, 6.07) is 16.4. The Morgan fingerprint density at radius 2 is 1.86 bits per heavy atom. The third-order valence-electron chi connectivity index (χ3n) is 5.09. The van der Waals surface area contributed by atoms with Crippen LogP contribution in [0.3, 0.4) is 0 Å². The van der Waals surface area contributed by atoms with Crippen molar-refractivity contribution in [2.45, 2.75) is 31.7 Å². The first kappa shape index (κ1) is 23.0. The molecule has 0 spiro atoms. The van der Waals surface area contributed by atoms with E-state index in [4.69, 9.17) is 4.74 Å². The van der Waals surface area contributed by atoms with E-state index in [-0.39, 0.29) is 35.3 Å². The van der Waals surface area contributed by atoms with Crippen LogP contribution in [-0.4, -0.2) is 32.6 Å². The molecule has 1 aliphatic carbocycles. The number of benzene rings is 2. The molecule has 1 aliphatic rings. The van der Waals surface area contributed by atoms with Gasteiger partial charge in [0.2, 0.25) is 5.91 Å². The third kappa shape index (κ3) is 6.09. The van der Waals surface area contributed by atoms with Gasteiger partial charge >= 0.3 is 0 Å². The van der Waals surface area contributed by atoms with E-state index in [1.165, 1.54) is 25.3 Å². The van der Waals surface area contributed by atoms with E-state index in [0.717, 1.165) is 18.1 Å². The highest BCUT2D eigenvalue weighted by atomic mass is 127. The summed E-state index contributed by atoms with van der Waals surface area (Å²) in [7, 11) is 3.36. The number of ether oxygens (including phenoxy) is 1. The van der Waals surface area contributed by atoms with Gasteiger partial charge in [-0.3, -0.25) is 9.79 Å². The van der Waals surface area contributed by atoms with Crippen molar-refractivity contribution < 1.29 is 9.53 Å². The molecule has 0 aromatic heterocycles. The molecule has 0 aliphatic heterocycles. The highest BCUT2D eigenvalue weighted by molar-refractivity contribution is 14.0.